The molecule has 1 heterocycles. The lowest BCUT2D eigenvalue weighted by Crippen LogP contribution is -2.51. The average molecular weight is 440 g/mol. The SMILES string of the molecule is COc1ccc(N2C(=O)[C@H]3C4c5ccccc5C(C)(c5ccccc54)[C@H]3C2=O)c([N+](=O)[O-])c1. The number of anilines is 1. The number of benzene rings is 3. The highest BCUT2D eigenvalue weighted by atomic mass is 16.6. The highest BCUT2D eigenvalue weighted by Gasteiger charge is 2.66. The second-order valence-corrected chi connectivity index (χ2v) is 8.98. The Bertz CT molecular complexity index is 1330. The summed E-state index contributed by atoms with van der Waals surface area (Å²) in [5.41, 5.74) is 3.13. The molecule has 4 aliphatic rings. The number of carbonyl (C=O) groups is 2. The van der Waals surface area contributed by atoms with Crippen LogP contribution in [0.4, 0.5) is 11.4 Å². The van der Waals surface area contributed by atoms with Gasteiger partial charge in [-0.3, -0.25) is 19.7 Å². The molecule has 0 radical (unpaired) electrons. The van der Waals surface area contributed by atoms with Crippen LogP contribution in [0.1, 0.15) is 35.1 Å². The fourth-order valence-corrected chi connectivity index (χ4v) is 6.35. The molecule has 3 aromatic carbocycles. The van der Waals surface area contributed by atoms with Gasteiger partial charge in [0.15, 0.2) is 0 Å². The maximum absolute atomic E-state index is 13.9. The molecule has 1 saturated heterocycles. The van der Waals surface area contributed by atoms with Crippen molar-refractivity contribution in [2.45, 2.75) is 18.3 Å². The topological polar surface area (TPSA) is 89.8 Å². The van der Waals surface area contributed by atoms with Gasteiger partial charge < -0.3 is 4.74 Å². The Labute approximate surface area is 189 Å². The molecule has 2 atom stereocenters. The summed E-state index contributed by atoms with van der Waals surface area (Å²) in [6.07, 6.45) is 0. The standard InChI is InChI=1S/C26H20N2O5/c1-26-17-9-5-3-7-15(17)21(16-8-4-6-10-18(16)26)22-23(26)25(30)27(24(22)29)19-12-11-14(33-2)13-20(19)28(31)32/h3-13,21-23H,1-2H3/t21?,22-,23+,26?/m0/s1. The van der Waals surface area contributed by atoms with Crippen LogP contribution in [0.5, 0.6) is 5.75 Å². The van der Waals surface area contributed by atoms with Gasteiger partial charge in [0.05, 0.1) is 29.9 Å². The lowest BCUT2D eigenvalue weighted by Gasteiger charge is -2.52. The molecular weight excluding hydrogens is 420 g/mol. The maximum atomic E-state index is 13.9. The largest absolute Gasteiger partial charge is 0.496 e. The number of nitro benzene ring substituents is 1. The maximum Gasteiger partial charge on any atom is 0.297 e. The summed E-state index contributed by atoms with van der Waals surface area (Å²) >= 11 is 0. The molecule has 7 nitrogen and oxygen atoms in total. The van der Waals surface area contributed by atoms with E-state index in [4.69, 9.17) is 4.74 Å². The highest BCUT2D eigenvalue weighted by Crippen LogP contribution is 2.64. The zero-order valence-electron chi connectivity index (χ0n) is 18.0. The van der Waals surface area contributed by atoms with Crippen molar-refractivity contribution in [3.63, 3.8) is 0 Å². The van der Waals surface area contributed by atoms with E-state index in [0.29, 0.717) is 0 Å². The molecule has 0 N–H and O–H groups in total. The third-order valence-corrected chi connectivity index (χ3v) is 7.66. The van der Waals surface area contributed by atoms with Gasteiger partial charge in [0, 0.05) is 11.3 Å². The number of nitro groups is 1. The Hall–Kier alpha value is -4.00. The molecular formula is C26H20N2O5. The van der Waals surface area contributed by atoms with E-state index in [1.54, 1.807) is 0 Å². The first-order chi connectivity index (χ1) is 15.9. The second kappa shape index (κ2) is 6.51. The number of carbonyl (C=O) groups excluding carboxylic acids is 2. The van der Waals surface area contributed by atoms with Crippen molar-refractivity contribution in [3.8, 4) is 5.75 Å². The van der Waals surface area contributed by atoms with Crippen molar-refractivity contribution in [1.82, 2.24) is 0 Å². The van der Waals surface area contributed by atoms with Gasteiger partial charge in [0.25, 0.3) is 5.69 Å². The van der Waals surface area contributed by atoms with E-state index in [1.807, 2.05) is 55.5 Å². The number of hydrogen-bond acceptors (Lipinski definition) is 5. The minimum Gasteiger partial charge on any atom is -0.496 e. The first kappa shape index (κ1) is 19.7. The van der Waals surface area contributed by atoms with Crippen molar-refractivity contribution in [2.24, 2.45) is 11.8 Å². The van der Waals surface area contributed by atoms with Crippen LogP contribution in [-0.4, -0.2) is 23.8 Å². The molecule has 1 aliphatic heterocycles. The zero-order chi connectivity index (χ0) is 23.1. The number of imide groups is 1. The summed E-state index contributed by atoms with van der Waals surface area (Å²) in [6, 6.07) is 20.1. The van der Waals surface area contributed by atoms with Gasteiger partial charge in [-0.05, 0) is 34.4 Å². The molecule has 2 bridgehead atoms. The Morgan fingerprint density at radius 2 is 1.55 bits per heavy atom. The van der Waals surface area contributed by atoms with Gasteiger partial charge >= 0.3 is 0 Å². The first-order valence-corrected chi connectivity index (χ1v) is 10.8. The first-order valence-electron chi connectivity index (χ1n) is 10.8. The Morgan fingerprint density at radius 1 is 0.939 bits per heavy atom. The predicted molar refractivity (Wildman–Crippen MR) is 120 cm³/mol. The van der Waals surface area contributed by atoms with Crippen molar-refractivity contribution in [2.75, 3.05) is 12.0 Å². The van der Waals surface area contributed by atoms with Gasteiger partial charge in [-0.15, -0.1) is 0 Å². The molecule has 0 unspecified atom stereocenters. The minimum atomic E-state index is -0.713. The summed E-state index contributed by atoms with van der Waals surface area (Å²) in [4.78, 5) is 40.1. The van der Waals surface area contributed by atoms with E-state index >= 15 is 0 Å². The summed E-state index contributed by atoms with van der Waals surface area (Å²) in [5.74, 6) is -2.03. The lowest BCUT2D eigenvalue weighted by atomic mass is 9.48. The van der Waals surface area contributed by atoms with Gasteiger partial charge in [-0.1, -0.05) is 55.5 Å². The third-order valence-electron chi connectivity index (χ3n) is 7.66. The molecule has 7 rings (SSSR count). The molecule has 3 aromatic rings. The third kappa shape index (κ3) is 2.29. The van der Waals surface area contributed by atoms with Crippen LogP contribution in [0.15, 0.2) is 66.7 Å². The quantitative estimate of drug-likeness (QED) is 0.346. The molecule has 1 fully saturated rings. The fourth-order valence-electron chi connectivity index (χ4n) is 6.35. The smallest absolute Gasteiger partial charge is 0.297 e. The lowest BCUT2D eigenvalue weighted by molar-refractivity contribution is -0.384. The van der Waals surface area contributed by atoms with Crippen LogP contribution in [0.3, 0.4) is 0 Å². The molecule has 3 aliphatic carbocycles. The van der Waals surface area contributed by atoms with Crippen LogP contribution in [-0.2, 0) is 15.0 Å². The predicted octanol–water partition coefficient (Wildman–Crippen LogP) is 4.17. The van der Waals surface area contributed by atoms with Gasteiger partial charge in [-0.25, -0.2) is 4.90 Å². The van der Waals surface area contributed by atoms with E-state index in [1.165, 1.54) is 25.3 Å². The van der Waals surface area contributed by atoms with Crippen molar-refractivity contribution in [3.05, 3.63) is 99.1 Å². The van der Waals surface area contributed by atoms with E-state index < -0.39 is 34.0 Å². The van der Waals surface area contributed by atoms with Crippen LogP contribution < -0.4 is 9.64 Å². The van der Waals surface area contributed by atoms with Crippen LogP contribution in [0.25, 0.3) is 0 Å². The van der Waals surface area contributed by atoms with Crippen LogP contribution >= 0.6 is 0 Å². The number of methoxy groups -OCH3 is 1. The Kier molecular flexibility index (Phi) is 3.88. The number of hydrogen-bond donors (Lipinski definition) is 0. The van der Waals surface area contributed by atoms with E-state index in [-0.39, 0.29) is 23.0 Å². The molecule has 0 saturated carbocycles. The number of amides is 2. The number of ether oxygens (including phenoxy) is 1. The molecule has 33 heavy (non-hydrogen) atoms. The van der Waals surface area contributed by atoms with Gasteiger partial charge in [0.2, 0.25) is 11.8 Å². The van der Waals surface area contributed by atoms with Gasteiger partial charge in [-0.2, -0.15) is 0 Å². The Morgan fingerprint density at radius 3 is 2.12 bits per heavy atom. The summed E-state index contributed by atoms with van der Waals surface area (Å²) in [6.45, 7) is 2.02. The molecule has 2 amide bonds. The van der Waals surface area contributed by atoms with E-state index in [2.05, 4.69) is 0 Å². The van der Waals surface area contributed by atoms with Crippen molar-refractivity contribution < 1.29 is 19.2 Å². The van der Waals surface area contributed by atoms with Crippen LogP contribution in [0.2, 0.25) is 0 Å². The second-order valence-electron chi connectivity index (χ2n) is 8.98. The molecule has 0 aromatic heterocycles. The Balaban J connectivity index is 1.59. The number of rotatable bonds is 3. The minimum absolute atomic E-state index is 0.0127. The molecule has 0 spiro atoms. The normalized spacial score (nSPS) is 26.6. The molecule has 164 valence electrons. The van der Waals surface area contributed by atoms with E-state index in [9.17, 15) is 19.7 Å². The van der Waals surface area contributed by atoms with Crippen molar-refractivity contribution >= 4 is 23.2 Å². The summed E-state index contributed by atoms with van der Waals surface area (Å²) in [7, 11) is 1.41. The highest BCUT2D eigenvalue weighted by molar-refractivity contribution is 6.24. The summed E-state index contributed by atoms with van der Waals surface area (Å²) in [5, 5.41) is 11.8. The van der Waals surface area contributed by atoms with E-state index in [0.717, 1.165) is 27.2 Å². The van der Waals surface area contributed by atoms with Gasteiger partial charge in [0.1, 0.15) is 11.4 Å². The zero-order valence-corrected chi connectivity index (χ0v) is 18.0. The molecule has 7 heteroatoms. The monoisotopic (exact) mass is 440 g/mol. The number of nitrogens with zero attached hydrogens (tertiary/aromatic N) is 2. The average Bonchev–Trinajstić information content (AvgIpc) is 3.10. The van der Waals surface area contributed by atoms with Crippen molar-refractivity contribution in [1.29, 1.82) is 0 Å². The van der Waals surface area contributed by atoms with Crippen LogP contribution in [0, 0.1) is 22.0 Å². The summed E-state index contributed by atoms with van der Waals surface area (Å²) < 4.78 is 5.12. The fraction of sp³-hybridized carbons (Fsp3) is 0.231.